The zero-order valence-electron chi connectivity index (χ0n) is 10.2. The maximum Gasteiger partial charge on any atom is 0.251 e. The summed E-state index contributed by atoms with van der Waals surface area (Å²) in [7, 11) is 0. The molecule has 3 N–H and O–H groups in total. The molecule has 0 bridgehead atoms. The quantitative estimate of drug-likeness (QED) is 0.716. The van der Waals surface area contributed by atoms with E-state index in [-0.39, 0.29) is 17.7 Å². The minimum absolute atomic E-state index is 0.0666. The van der Waals surface area contributed by atoms with Crippen molar-refractivity contribution in [1.29, 1.82) is 0 Å². The van der Waals surface area contributed by atoms with Crippen LogP contribution in [0.25, 0.3) is 0 Å². The minimum atomic E-state index is -0.0666. The van der Waals surface area contributed by atoms with Crippen LogP contribution in [0.3, 0.4) is 0 Å². The molecule has 1 aliphatic heterocycles. The Hall–Kier alpha value is -1.55. The Morgan fingerprint density at radius 2 is 2.24 bits per heavy atom. The van der Waals surface area contributed by atoms with Gasteiger partial charge < -0.3 is 15.7 Å². The van der Waals surface area contributed by atoms with Crippen molar-refractivity contribution in [1.82, 2.24) is 10.6 Å². The SMILES string of the molecule is Cc1cc(O)ccc1C(=O)NC1CNCC1C. The van der Waals surface area contributed by atoms with E-state index in [2.05, 4.69) is 17.6 Å². The molecule has 92 valence electrons. The third-order valence-corrected chi connectivity index (χ3v) is 3.29. The highest BCUT2D eigenvalue weighted by atomic mass is 16.3. The summed E-state index contributed by atoms with van der Waals surface area (Å²) < 4.78 is 0. The van der Waals surface area contributed by atoms with Gasteiger partial charge in [0.1, 0.15) is 5.75 Å². The van der Waals surface area contributed by atoms with Gasteiger partial charge in [-0.25, -0.2) is 0 Å². The molecule has 4 nitrogen and oxygen atoms in total. The number of carbonyl (C=O) groups excluding carboxylic acids is 1. The van der Waals surface area contributed by atoms with E-state index in [0.29, 0.717) is 11.5 Å². The molecule has 2 rings (SSSR count). The van der Waals surface area contributed by atoms with Crippen molar-refractivity contribution in [2.45, 2.75) is 19.9 Å². The van der Waals surface area contributed by atoms with Gasteiger partial charge in [0.15, 0.2) is 0 Å². The molecule has 1 saturated heterocycles. The van der Waals surface area contributed by atoms with Gasteiger partial charge in [-0.05, 0) is 43.1 Å². The van der Waals surface area contributed by atoms with Crippen molar-refractivity contribution in [3.63, 3.8) is 0 Å². The average molecular weight is 234 g/mol. The molecule has 1 amide bonds. The van der Waals surface area contributed by atoms with Crippen LogP contribution in [0.2, 0.25) is 0 Å². The van der Waals surface area contributed by atoms with Crippen molar-refractivity contribution >= 4 is 5.91 Å². The number of aryl methyl sites for hydroxylation is 1. The molecule has 17 heavy (non-hydrogen) atoms. The summed E-state index contributed by atoms with van der Waals surface area (Å²) >= 11 is 0. The molecule has 0 aromatic heterocycles. The van der Waals surface area contributed by atoms with E-state index in [0.717, 1.165) is 18.7 Å². The zero-order chi connectivity index (χ0) is 12.4. The van der Waals surface area contributed by atoms with Crippen LogP contribution in [0.4, 0.5) is 0 Å². The van der Waals surface area contributed by atoms with Crippen LogP contribution < -0.4 is 10.6 Å². The predicted octanol–water partition coefficient (Wildman–Crippen LogP) is 1.04. The third kappa shape index (κ3) is 2.58. The molecule has 0 spiro atoms. The Labute approximate surface area is 101 Å². The second-order valence-electron chi connectivity index (χ2n) is 4.71. The molecule has 0 saturated carbocycles. The monoisotopic (exact) mass is 234 g/mol. The van der Waals surface area contributed by atoms with Crippen molar-refractivity contribution in [3.8, 4) is 5.75 Å². The van der Waals surface area contributed by atoms with Crippen LogP contribution in [0.15, 0.2) is 18.2 Å². The van der Waals surface area contributed by atoms with Gasteiger partial charge in [-0.2, -0.15) is 0 Å². The largest absolute Gasteiger partial charge is 0.508 e. The summed E-state index contributed by atoms with van der Waals surface area (Å²) in [5, 5.41) is 15.6. The summed E-state index contributed by atoms with van der Waals surface area (Å²) in [6.07, 6.45) is 0. The highest BCUT2D eigenvalue weighted by Gasteiger charge is 2.25. The fourth-order valence-corrected chi connectivity index (χ4v) is 2.15. The maximum atomic E-state index is 12.1. The minimum Gasteiger partial charge on any atom is -0.508 e. The molecular formula is C13H18N2O2. The van der Waals surface area contributed by atoms with Gasteiger partial charge in [0.25, 0.3) is 5.91 Å². The summed E-state index contributed by atoms with van der Waals surface area (Å²) in [5.41, 5.74) is 1.42. The van der Waals surface area contributed by atoms with Crippen molar-refractivity contribution in [2.24, 2.45) is 5.92 Å². The number of amides is 1. The zero-order valence-corrected chi connectivity index (χ0v) is 10.2. The maximum absolute atomic E-state index is 12.1. The second kappa shape index (κ2) is 4.75. The Morgan fingerprint density at radius 1 is 1.47 bits per heavy atom. The van der Waals surface area contributed by atoms with E-state index >= 15 is 0 Å². The Bertz CT molecular complexity index is 431. The molecule has 1 aromatic rings. The van der Waals surface area contributed by atoms with Crippen LogP contribution in [0.1, 0.15) is 22.8 Å². The number of nitrogens with one attached hydrogen (secondary N) is 2. The molecule has 2 unspecified atom stereocenters. The van der Waals surface area contributed by atoms with Gasteiger partial charge in [0.2, 0.25) is 0 Å². The van der Waals surface area contributed by atoms with Crippen LogP contribution in [-0.2, 0) is 0 Å². The van der Waals surface area contributed by atoms with Crippen LogP contribution in [0.5, 0.6) is 5.75 Å². The van der Waals surface area contributed by atoms with Gasteiger partial charge in [0, 0.05) is 18.2 Å². The predicted molar refractivity (Wildman–Crippen MR) is 66.1 cm³/mol. The van der Waals surface area contributed by atoms with E-state index in [1.54, 1.807) is 12.1 Å². The van der Waals surface area contributed by atoms with E-state index in [1.807, 2.05) is 6.92 Å². The number of phenols is 1. The number of carbonyl (C=O) groups is 1. The molecule has 0 radical (unpaired) electrons. The number of hydrogen-bond donors (Lipinski definition) is 3. The van der Waals surface area contributed by atoms with Gasteiger partial charge in [0.05, 0.1) is 0 Å². The van der Waals surface area contributed by atoms with Crippen LogP contribution >= 0.6 is 0 Å². The van der Waals surface area contributed by atoms with E-state index in [9.17, 15) is 9.90 Å². The Morgan fingerprint density at radius 3 is 2.82 bits per heavy atom. The molecule has 2 atom stereocenters. The van der Waals surface area contributed by atoms with E-state index < -0.39 is 0 Å². The van der Waals surface area contributed by atoms with Crippen LogP contribution in [-0.4, -0.2) is 30.1 Å². The molecule has 1 aliphatic rings. The third-order valence-electron chi connectivity index (χ3n) is 3.29. The first-order valence-electron chi connectivity index (χ1n) is 5.89. The molecule has 4 heteroatoms. The molecule has 0 aliphatic carbocycles. The summed E-state index contributed by atoms with van der Waals surface area (Å²) in [6, 6.07) is 4.99. The molecular weight excluding hydrogens is 216 g/mol. The topological polar surface area (TPSA) is 61.4 Å². The molecule has 1 heterocycles. The second-order valence-corrected chi connectivity index (χ2v) is 4.71. The highest BCUT2D eigenvalue weighted by molar-refractivity contribution is 5.96. The summed E-state index contributed by atoms with van der Waals surface area (Å²) in [6.45, 7) is 5.71. The van der Waals surface area contributed by atoms with E-state index in [4.69, 9.17) is 0 Å². The number of benzene rings is 1. The van der Waals surface area contributed by atoms with Gasteiger partial charge >= 0.3 is 0 Å². The smallest absolute Gasteiger partial charge is 0.251 e. The first-order valence-corrected chi connectivity index (χ1v) is 5.89. The lowest BCUT2D eigenvalue weighted by Crippen LogP contribution is -2.39. The molecule has 1 aromatic carbocycles. The highest BCUT2D eigenvalue weighted by Crippen LogP contribution is 2.16. The summed E-state index contributed by atoms with van der Waals surface area (Å²) in [5.74, 6) is 0.578. The number of rotatable bonds is 2. The standard InChI is InChI=1S/C13H18N2O2/c1-8-5-10(16)3-4-11(8)13(17)15-12-7-14-6-9(12)2/h3-5,9,12,14,16H,6-7H2,1-2H3,(H,15,17). The number of hydrogen-bond acceptors (Lipinski definition) is 3. The Kier molecular flexibility index (Phi) is 3.33. The van der Waals surface area contributed by atoms with Gasteiger partial charge in [-0.15, -0.1) is 0 Å². The van der Waals surface area contributed by atoms with Gasteiger partial charge in [-0.1, -0.05) is 6.92 Å². The van der Waals surface area contributed by atoms with Crippen molar-refractivity contribution < 1.29 is 9.90 Å². The number of phenolic OH excluding ortho intramolecular Hbond substituents is 1. The summed E-state index contributed by atoms with van der Waals surface area (Å²) in [4.78, 5) is 12.1. The molecule has 1 fully saturated rings. The first kappa shape index (κ1) is 11.9. The van der Waals surface area contributed by atoms with Crippen molar-refractivity contribution in [3.05, 3.63) is 29.3 Å². The van der Waals surface area contributed by atoms with Crippen LogP contribution in [0, 0.1) is 12.8 Å². The lowest BCUT2D eigenvalue weighted by molar-refractivity contribution is 0.0932. The van der Waals surface area contributed by atoms with Gasteiger partial charge in [-0.3, -0.25) is 4.79 Å². The van der Waals surface area contributed by atoms with Crippen molar-refractivity contribution in [2.75, 3.05) is 13.1 Å². The van der Waals surface area contributed by atoms with E-state index in [1.165, 1.54) is 6.07 Å². The Balaban J connectivity index is 2.09. The lowest BCUT2D eigenvalue weighted by atomic mass is 10.0. The average Bonchev–Trinajstić information content (AvgIpc) is 2.64. The lowest BCUT2D eigenvalue weighted by Gasteiger charge is -2.17. The first-order chi connectivity index (χ1) is 8.08. The fourth-order valence-electron chi connectivity index (χ4n) is 2.15. The normalized spacial score (nSPS) is 23.6. The fraction of sp³-hybridized carbons (Fsp3) is 0.462. The number of aromatic hydroxyl groups is 1.